The minimum Gasteiger partial charge on any atom is -0.507 e. The molecule has 23 heavy (non-hydrogen) atoms. The summed E-state index contributed by atoms with van der Waals surface area (Å²) in [6.45, 7) is 0. The number of phenolic OH excluding ortho intramolecular Hbond substituents is 1. The summed E-state index contributed by atoms with van der Waals surface area (Å²) >= 11 is 0. The Labute approximate surface area is 135 Å². The Hall–Kier alpha value is -2.95. The van der Waals surface area contributed by atoms with E-state index in [0.29, 0.717) is 0 Å². The Bertz CT molecular complexity index is 807. The fraction of sp³-hybridized carbons (Fsp3) is 0.167. The number of anilines is 1. The van der Waals surface area contributed by atoms with Crippen LogP contribution in [0.15, 0.2) is 54.6 Å². The van der Waals surface area contributed by atoms with E-state index in [1.54, 1.807) is 19.2 Å². The van der Waals surface area contributed by atoms with Crippen LogP contribution < -0.4 is 9.64 Å². The van der Waals surface area contributed by atoms with Crippen LogP contribution in [-0.2, 0) is 0 Å². The highest BCUT2D eigenvalue weighted by Gasteiger charge is 2.15. The zero-order chi connectivity index (χ0) is 16.4. The standard InChI is InChI=1S/C18H19N3O2/c1-20(2)18-12-16(15-6-4-5-7-17(15)22)21(19-18)13-8-10-14(23-3)11-9-13/h4-12,22H,1-3H3. The minimum absolute atomic E-state index is 0.229. The molecule has 0 saturated carbocycles. The van der Waals surface area contributed by atoms with E-state index < -0.39 is 0 Å². The molecule has 0 aliphatic rings. The number of aromatic hydroxyl groups is 1. The largest absolute Gasteiger partial charge is 0.507 e. The molecule has 0 amide bonds. The Morgan fingerprint density at radius 1 is 1.04 bits per heavy atom. The third-order valence-electron chi connectivity index (χ3n) is 3.65. The molecule has 0 radical (unpaired) electrons. The first-order valence-corrected chi connectivity index (χ1v) is 7.30. The summed E-state index contributed by atoms with van der Waals surface area (Å²) in [5, 5.41) is 14.8. The molecule has 0 spiro atoms. The van der Waals surface area contributed by atoms with Crippen molar-refractivity contribution in [2.75, 3.05) is 26.1 Å². The zero-order valence-electron chi connectivity index (χ0n) is 13.4. The number of nitrogens with zero attached hydrogens (tertiary/aromatic N) is 3. The number of methoxy groups -OCH3 is 1. The maximum atomic E-state index is 10.2. The second-order valence-electron chi connectivity index (χ2n) is 5.41. The van der Waals surface area contributed by atoms with Gasteiger partial charge in [0.25, 0.3) is 0 Å². The highest BCUT2D eigenvalue weighted by Crippen LogP contribution is 2.33. The van der Waals surface area contributed by atoms with E-state index >= 15 is 0 Å². The number of rotatable bonds is 4. The number of phenols is 1. The lowest BCUT2D eigenvalue weighted by Crippen LogP contribution is -2.09. The fourth-order valence-electron chi connectivity index (χ4n) is 2.39. The van der Waals surface area contributed by atoms with Gasteiger partial charge in [0.2, 0.25) is 0 Å². The highest BCUT2D eigenvalue weighted by molar-refractivity contribution is 5.71. The Morgan fingerprint density at radius 2 is 1.74 bits per heavy atom. The Kier molecular flexibility index (Phi) is 3.93. The first-order chi connectivity index (χ1) is 11.1. The van der Waals surface area contributed by atoms with Crippen molar-refractivity contribution in [3.05, 3.63) is 54.6 Å². The highest BCUT2D eigenvalue weighted by atomic mass is 16.5. The van der Waals surface area contributed by atoms with E-state index in [2.05, 4.69) is 5.10 Å². The van der Waals surface area contributed by atoms with Crippen LogP contribution in [0.2, 0.25) is 0 Å². The number of para-hydroxylation sites is 1. The SMILES string of the molecule is COc1ccc(-n2nc(N(C)C)cc2-c2ccccc2O)cc1. The maximum Gasteiger partial charge on any atom is 0.151 e. The molecular weight excluding hydrogens is 290 g/mol. The van der Waals surface area contributed by atoms with Crippen LogP contribution >= 0.6 is 0 Å². The van der Waals surface area contributed by atoms with E-state index in [1.165, 1.54) is 0 Å². The maximum absolute atomic E-state index is 10.2. The van der Waals surface area contributed by atoms with Gasteiger partial charge in [-0.1, -0.05) is 12.1 Å². The summed E-state index contributed by atoms with van der Waals surface area (Å²) in [5.41, 5.74) is 2.47. The molecule has 5 nitrogen and oxygen atoms in total. The molecule has 0 unspecified atom stereocenters. The molecule has 0 aliphatic carbocycles. The molecule has 5 heteroatoms. The molecule has 1 heterocycles. The topological polar surface area (TPSA) is 50.5 Å². The van der Waals surface area contributed by atoms with E-state index in [4.69, 9.17) is 4.74 Å². The van der Waals surface area contributed by atoms with Crippen molar-refractivity contribution in [2.24, 2.45) is 0 Å². The van der Waals surface area contributed by atoms with Gasteiger partial charge in [0.05, 0.1) is 18.5 Å². The summed E-state index contributed by atoms with van der Waals surface area (Å²) in [6.07, 6.45) is 0. The molecule has 0 saturated heterocycles. The van der Waals surface area contributed by atoms with Crippen LogP contribution in [0.1, 0.15) is 0 Å². The van der Waals surface area contributed by atoms with Crippen LogP contribution in [0.4, 0.5) is 5.82 Å². The predicted octanol–water partition coefficient (Wildman–Crippen LogP) is 3.32. The molecule has 2 aromatic carbocycles. The summed E-state index contributed by atoms with van der Waals surface area (Å²) in [5.74, 6) is 1.84. The molecule has 118 valence electrons. The van der Waals surface area contributed by atoms with Crippen LogP contribution in [-0.4, -0.2) is 36.1 Å². The number of hydrogen-bond acceptors (Lipinski definition) is 4. The van der Waals surface area contributed by atoms with Crippen LogP contribution in [0, 0.1) is 0 Å². The molecule has 0 fully saturated rings. The molecule has 3 aromatic rings. The van der Waals surface area contributed by atoms with E-state index in [-0.39, 0.29) is 5.75 Å². The van der Waals surface area contributed by atoms with Gasteiger partial charge >= 0.3 is 0 Å². The van der Waals surface area contributed by atoms with Gasteiger partial charge in [-0.2, -0.15) is 0 Å². The lowest BCUT2D eigenvalue weighted by molar-refractivity contribution is 0.414. The second kappa shape index (κ2) is 6.04. The lowest BCUT2D eigenvalue weighted by atomic mass is 10.1. The fourth-order valence-corrected chi connectivity index (χ4v) is 2.39. The quantitative estimate of drug-likeness (QED) is 0.803. The summed E-state index contributed by atoms with van der Waals surface area (Å²) < 4.78 is 7.03. The van der Waals surface area contributed by atoms with Crippen molar-refractivity contribution in [1.82, 2.24) is 9.78 Å². The van der Waals surface area contributed by atoms with Gasteiger partial charge in [-0.05, 0) is 36.4 Å². The smallest absolute Gasteiger partial charge is 0.151 e. The molecular formula is C18H19N3O2. The summed E-state index contributed by atoms with van der Waals surface area (Å²) in [4.78, 5) is 1.93. The van der Waals surface area contributed by atoms with Gasteiger partial charge < -0.3 is 14.7 Å². The number of benzene rings is 2. The monoisotopic (exact) mass is 309 g/mol. The molecule has 0 bridgehead atoms. The molecule has 0 aliphatic heterocycles. The van der Waals surface area contributed by atoms with Gasteiger partial charge in [0.15, 0.2) is 5.82 Å². The first-order valence-electron chi connectivity index (χ1n) is 7.30. The molecule has 3 rings (SSSR count). The second-order valence-corrected chi connectivity index (χ2v) is 5.41. The van der Waals surface area contributed by atoms with Gasteiger partial charge in [-0.15, -0.1) is 5.10 Å². The van der Waals surface area contributed by atoms with Crippen LogP contribution in [0.25, 0.3) is 16.9 Å². The van der Waals surface area contributed by atoms with Crippen molar-refractivity contribution in [3.8, 4) is 28.4 Å². The normalized spacial score (nSPS) is 10.6. The average Bonchev–Trinajstić information content (AvgIpc) is 3.01. The minimum atomic E-state index is 0.229. The lowest BCUT2D eigenvalue weighted by Gasteiger charge is -2.09. The number of aromatic nitrogens is 2. The van der Waals surface area contributed by atoms with Crippen LogP contribution in [0.5, 0.6) is 11.5 Å². The van der Waals surface area contributed by atoms with Gasteiger partial charge in [-0.25, -0.2) is 4.68 Å². The van der Waals surface area contributed by atoms with Crippen molar-refractivity contribution >= 4 is 5.82 Å². The first kappa shape index (κ1) is 15.0. The van der Waals surface area contributed by atoms with Crippen molar-refractivity contribution in [1.29, 1.82) is 0 Å². The van der Waals surface area contributed by atoms with Gasteiger partial charge in [-0.3, -0.25) is 0 Å². The molecule has 0 atom stereocenters. The van der Waals surface area contributed by atoms with Gasteiger partial charge in [0.1, 0.15) is 11.5 Å². The Balaban J connectivity index is 2.16. The average molecular weight is 309 g/mol. The van der Waals surface area contributed by atoms with Gasteiger partial charge in [0, 0.05) is 25.7 Å². The van der Waals surface area contributed by atoms with E-state index in [9.17, 15) is 5.11 Å². The summed E-state index contributed by atoms with van der Waals surface area (Å²) in [7, 11) is 5.52. The predicted molar refractivity (Wildman–Crippen MR) is 91.5 cm³/mol. The third kappa shape index (κ3) is 2.85. The van der Waals surface area contributed by atoms with Crippen molar-refractivity contribution in [2.45, 2.75) is 0 Å². The van der Waals surface area contributed by atoms with Crippen LogP contribution in [0.3, 0.4) is 0 Å². The molecule has 1 N–H and O–H groups in total. The van der Waals surface area contributed by atoms with Crippen molar-refractivity contribution < 1.29 is 9.84 Å². The third-order valence-corrected chi connectivity index (χ3v) is 3.65. The molecule has 1 aromatic heterocycles. The van der Waals surface area contributed by atoms with E-state index in [0.717, 1.165) is 28.5 Å². The zero-order valence-corrected chi connectivity index (χ0v) is 13.4. The number of ether oxygens (including phenoxy) is 1. The number of hydrogen-bond donors (Lipinski definition) is 1. The summed E-state index contributed by atoms with van der Waals surface area (Å²) in [6, 6.07) is 16.9. The van der Waals surface area contributed by atoms with Crippen molar-refractivity contribution in [3.63, 3.8) is 0 Å². The Morgan fingerprint density at radius 3 is 2.35 bits per heavy atom. The van der Waals surface area contributed by atoms with E-state index in [1.807, 2.05) is 66.1 Å².